The van der Waals surface area contributed by atoms with Crippen molar-refractivity contribution in [3.63, 3.8) is 0 Å². The lowest BCUT2D eigenvalue weighted by Crippen LogP contribution is -2.14. The summed E-state index contributed by atoms with van der Waals surface area (Å²) in [5.41, 5.74) is 7.12. The molecule has 0 saturated heterocycles. The van der Waals surface area contributed by atoms with Crippen molar-refractivity contribution in [3.05, 3.63) is 48.3 Å². The largest absolute Gasteiger partial charge is 0.506 e. The van der Waals surface area contributed by atoms with E-state index in [2.05, 4.69) is 10.3 Å². The molecule has 0 aliphatic carbocycles. The Labute approximate surface area is 104 Å². The van der Waals surface area contributed by atoms with E-state index in [1.807, 2.05) is 0 Å². The minimum absolute atomic E-state index is 0.0123. The Morgan fingerprint density at radius 3 is 2.89 bits per heavy atom. The number of hydrogen-bond acceptors (Lipinski definition) is 4. The van der Waals surface area contributed by atoms with E-state index in [9.17, 15) is 9.90 Å². The highest BCUT2D eigenvalue weighted by Gasteiger charge is 2.06. The highest BCUT2D eigenvalue weighted by atomic mass is 16.3. The molecule has 0 fully saturated rings. The number of carbonyl (C=O) groups excluding carboxylic acids is 1. The van der Waals surface area contributed by atoms with E-state index in [1.165, 1.54) is 6.07 Å². The van der Waals surface area contributed by atoms with Gasteiger partial charge in [-0.15, -0.1) is 0 Å². The van der Waals surface area contributed by atoms with Crippen molar-refractivity contribution in [1.82, 2.24) is 4.98 Å². The lowest BCUT2D eigenvalue weighted by atomic mass is 10.1. The van der Waals surface area contributed by atoms with Crippen molar-refractivity contribution in [2.45, 2.75) is 6.42 Å². The number of nitrogens with zero attached hydrogens (tertiary/aromatic N) is 1. The molecule has 0 spiro atoms. The molecule has 2 rings (SSSR count). The molecule has 1 aromatic heterocycles. The number of hydrogen-bond donors (Lipinski definition) is 3. The van der Waals surface area contributed by atoms with Crippen molar-refractivity contribution in [2.24, 2.45) is 0 Å². The Balaban J connectivity index is 2.01. The molecule has 92 valence electrons. The van der Waals surface area contributed by atoms with Gasteiger partial charge in [0.15, 0.2) is 0 Å². The fraction of sp³-hybridized carbons (Fsp3) is 0.0769. The van der Waals surface area contributed by atoms with Gasteiger partial charge < -0.3 is 16.2 Å². The van der Waals surface area contributed by atoms with Gasteiger partial charge in [-0.2, -0.15) is 0 Å². The van der Waals surface area contributed by atoms with Gasteiger partial charge in [-0.05, 0) is 29.8 Å². The molecule has 1 heterocycles. The second-order valence-corrected chi connectivity index (χ2v) is 3.86. The minimum Gasteiger partial charge on any atom is -0.506 e. The van der Waals surface area contributed by atoms with E-state index in [0.717, 1.165) is 0 Å². The quantitative estimate of drug-likeness (QED) is 0.563. The Morgan fingerprint density at radius 2 is 2.22 bits per heavy atom. The number of aromatic nitrogens is 1. The van der Waals surface area contributed by atoms with Crippen molar-refractivity contribution in [2.75, 3.05) is 11.1 Å². The van der Waals surface area contributed by atoms with Crippen LogP contribution in [0.25, 0.3) is 0 Å². The van der Waals surface area contributed by atoms with E-state index in [4.69, 9.17) is 5.73 Å². The van der Waals surface area contributed by atoms with Crippen LogP contribution in [0.15, 0.2) is 42.7 Å². The number of anilines is 2. The van der Waals surface area contributed by atoms with Crippen LogP contribution in [0.2, 0.25) is 0 Å². The lowest BCUT2D eigenvalue weighted by molar-refractivity contribution is -0.115. The second-order valence-electron chi connectivity index (χ2n) is 3.86. The van der Waals surface area contributed by atoms with Crippen LogP contribution in [0.1, 0.15) is 5.56 Å². The van der Waals surface area contributed by atoms with E-state index >= 15 is 0 Å². The molecule has 0 aliphatic heterocycles. The molecule has 1 aromatic carbocycles. The average Bonchev–Trinajstić information content (AvgIpc) is 2.35. The van der Waals surface area contributed by atoms with E-state index < -0.39 is 0 Å². The molecule has 0 aliphatic rings. The molecule has 0 radical (unpaired) electrons. The molecule has 2 aromatic rings. The fourth-order valence-electron chi connectivity index (χ4n) is 1.53. The third-order valence-corrected chi connectivity index (χ3v) is 2.40. The first-order chi connectivity index (χ1) is 8.65. The number of nitrogens with two attached hydrogens (primary N) is 1. The van der Waals surface area contributed by atoms with Crippen molar-refractivity contribution < 1.29 is 9.90 Å². The first-order valence-corrected chi connectivity index (χ1v) is 5.42. The number of amides is 1. The standard InChI is InChI=1S/C13H13N3O2/c14-11-4-3-9(6-12(11)17)7-13(18)16-10-2-1-5-15-8-10/h1-6,8,17H,7,14H2,(H,16,18). The highest BCUT2D eigenvalue weighted by molar-refractivity contribution is 5.92. The van der Waals surface area contributed by atoms with E-state index in [1.54, 1.807) is 36.7 Å². The van der Waals surface area contributed by atoms with Gasteiger partial charge in [0.1, 0.15) is 5.75 Å². The zero-order valence-electron chi connectivity index (χ0n) is 9.63. The van der Waals surface area contributed by atoms with Crippen molar-refractivity contribution in [1.29, 1.82) is 0 Å². The van der Waals surface area contributed by atoms with Crippen LogP contribution in [-0.4, -0.2) is 16.0 Å². The Kier molecular flexibility index (Phi) is 3.43. The third kappa shape index (κ3) is 2.98. The van der Waals surface area contributed by atoms with Gasteiger partial charge in [0.05, 0.1) is 24.0 Å². The summed E-state index contributed by atoms with van der Waals surface area (Å²) < 4.78 is 0. The number of phenolic OH excluding ortho intramolecular Hbond substituents is 1. The van der Waals surface area contributed by atoms with Crippen LogP contribution >= 0.6 is 0 Å². The minimum atomic E-state index is -0.174. The maximum Gasteiger partial charge on any atom is 0.228 e. The van der Waals surface area contributed by atoms with Crippen LogP contribution in [0.4, 0.5) is 11.4 Å². The Morgan fingerprint density at radius 1 is 1.39 bits per heavy atom. The zero-order chi connectivity index (χ0) is 13.0. The monoisotopic (exact) mass is 243 g/mol. The molecule has 4 N–H and O–H groups in total. The Bertz CT molecular complexity index is 555. The maximum atomic E-state index is 11.7. The Hall–Kier alpha value is -2.56. The van der Waals surface area contributed by atoms with Gasteiger partial charge in [0.2, 0.25) is 5.91 Å². The van der Waals surface area contributed by atoms with Gasteiger partial charge in [-0.3, -0.25) is 9.78 Å². The normalized spacial score (nSPS) is 10.0. The van der Waals surface area contributed by atoms with Gasteiger partial charge in [-0.25, -0.2) is 0 Å². The number of carbonyl (C=O) groups is 1. The fourth-order valence-corrected chi connectivity index (χ4v) is 1.53. The summed E-state index contributed by atoms with van der Waals surface area (Å²) in [7, 11) is 0. The SMILES string of the molecule is Nc1ccc(CC(=O)Nc2cccnc2)cc1O. The maximum absolute atomic E-state index is 11.7. The molecule has 0 bridgehead atoms. The molecule has 18 heavy (non-hydrogen) atoms. The van der Waals surface area contributed by atoms with Crippen LogP contribution in [0.5, 0.6) is 5.75 Å². The topological polar surface area (TPSA) is 88.2 Å². The van der Waals surface area contributed by atoms with Gasteiger partial charge in [-0.1, -0.05) is 6.07 Å². The van der Waals surface area contributed by atoms with Crippen molar-refractivity contribution in [3.8, 4) is 5.75 Å². The molecular formula is C13H13N3O2. The molecule has 0 atom stereocenters. The van der Waals surface area contributed by atoms with E-state index in [0.29, 0.717) is 16.9 Å². The molecule has 5 nitrogen and oxygen atoms in total. The number of rotatable bonds is 3. The van der Waals surface area contributed by atoms with Crippen molar-refractivity contribution >= 4 is 17.3 Å². The summed E-state index contributed by atoms with van der Waals surface area (Å²) in [5.74, 6) is -0.186. The summed E-state index contributed by atoms with van der Waals surface area (Å²) in [6.45, 7) is 0. The first-order valence-electron chi connectivity index (χ1n) is 5.42. The van der Waals surface area contributed by atoms with Crippen LogP contribution in [0.3, 0.4) is 0 Å². The van der Waals surface area contributed by atoms with Gasteiger partial charge >= 0.3 is 0 Å². The molecular weight excluding hydrogens is 230 g/mol. The summed E-state index contributed by atoms with van der Waals surface area (Å²) in [5, 5.41) is 12.1. The smallest absolute Gasteiger partial charge is 0.228 e. The van der Waals surface area contributed by atoms with Gasteiger partial charge in [0.25, 0.3) is 0 Å². The first kappa shape index (κ1) is 11.9. The number of phenols is 1. The number of nitrogen functional groups attached to an aromatic ring is 1. The lowest BCUT2D eigenvalue weighted by Gasteiger charge is -2.06. The zero-order valence-corrected chi connectivity index (χ0v) is 9.63. The number of pyridine rings is 1. The molecule has 5 heteroatoms. The number of nitrogens with one attached hydrogen (secondary N) is 1. The molecule has 0 saturated carbocycles. The van der Waals surface area contributed by atoms with Crippen LogP contribution < -0.4 is 11.1 Å². The summed E-state index contributed by atoms with van der Waals surface area (Å²) in [6, 6.07) is 8.26. The summed E-state index contributed by atoms with van der Waals surface area (Å²) in [6.07, 6.45) is 3.37. The summed E-state index contributed by atoms with van der Waals surface area (Å²) >= 11 is 0. The van der Waals surface area contributed by atoms with Crippen LogP contribution in [0, 0.1) is 0 Å². The highest BCUT2D eigenvalue weighted by Crippen LogP contribution is 2.21. The predicted octanol–water partition coefficient (Wildman–Crippen LogP) is 1.55. The third-order valence-electron chi connectivity index (χ3n) is 2.40. The molecule has 0 unspecified atom stereocenters. The van der Waals surface area contributed by atoms with Crippen LogP contribution in [-0.2, 0) is 11.2 Å². The summed E-state index contributed by atoms with van der Waals surface area (Å²) in [4.78, 5) is 15.6. The predicted molar refractivity (Wildman–Crippen MR) is 69.1 cm³/mol. The second kappa shape index (κ2) is 5.18. The van der Waals surface area contributed by atoms with Gasteiger partial charge in [0, 0.05) is 6.20 Å². The number of aromatic hydroxyl groups is 1. The van der Waals surface area contributed by atoms with E-state index in [-0.39, 0.29) is 18.1 Å². The average molecular weight is 243 g/mol. The molecule has 1 amide bonds. The number of benzene rings is 1.